The minimum Gasteiger partial charge on any atom is -0.381 e. The average Bonchev–Trinajstić information content (AvgIpc) is 3.05. The van der Waals surface area contributed by atoms with Crippen LogP contribution < -0.4 is 10.6 Å². The van der Waals surface area contributed by atoms with Crippen molar-refractivity contribution in [3.63, 3.8) is 0 Å². The Morgan fingerprint density at radius 1 is 1.48 bits per heavy atom. The first-order chi connectivity index (χ1) is 12.0. The Bertz CT molecular complexity index is 597. The smallest absolute Gasteiger partial charge is 0.252 e. The number of carbonyl (C=O) groups excluding carboxylic acids is 2. The molecule has 0 saturated carbocycles. The molecule has 3 heterocycles. The van der Waals surface area contributed by atoms with E-state index < -0.39 is 6.04 Å². The van der Waals surface area contributed by atoms with Gasteiger partial charge in [0.2, 0.25) is 5.91 Å². The molecule has 0 aromatic carbocycles. The summed E-state index contributed by atoms with van der Waals surface area (Å²) >= 11 is 1.48. The second kappa shape index (κ2) is 7.85. The van der Waals surface area contributed by atoms with Crippen molar-refractivity contribution < 1.29 is 14.3 Å². The van der Waals surface area contributed by atoms with Crippen molar-refractivity contribution >= 4 is 23.2 Å². The highest BCUT2D eigenvalue weighted by Gasteiger charge is 2.41. The Balaban J connectivity index is 1.76. The zero-order valence-corrected chi connectivity index (χ0v) is 15.7. The lowest BCUT2D eigenvalue weighted by molar-refractivity contribution is -0.125. The highest BCUT2D eigenvalue weighted by atomic mass is 32.1. The van der Waals surface area contributed by atoms with Crippen LogP contribution in [0.1, 0.15) is 37.0 Å². The molecule has 138 valence electrons. The largest absolute Gasteiger partial charge is 0.381 e. The Kier molecular flexibility index (Phi) is 5.76. The van der Waals surface area contributed by atoms with Gasteiger partial charge in [0, 0.05) is 38.2 Å². The number of nitrogens with zero attached hydrogens (tertiary/aromatic N) is 1. The number of ether oxygens (including phenoxy) is 1. The van der Waals surface area contributed by atoms with Crippen molar-refractivity contribution in [3.05, 3.63) is 22.4 Å². The van der Waals surface area contributed by atoms with Gasteiger partial charge in [-0.2, -0.15) is 11.3 Å². The number of hydrogen-bond donors (Lipinski definition) is 2. The normalized spacial score (nSPS) is 24.1. The van der Waals surface area contributed by atoms with E-state index in [0.717, 1.165) is 25.9 Å². The van der Waals surface area contributed by atoms with Crippen LogP contribution >= 0.6 is 11.3 Å². The first-order valence-corrected chi connectivity index (χ1v) is 9.87. The van der Waals surface area contributed by atoms with E-state index in [0.29, 0.717) is 31.2 Å². The number of rotatable bonds is 4. The van der Waals surface area contributed by atoms with Crippen LogP contribution in [-0.4, -0.2) is 61.1 Å². The molecule has 1 spiro atoms. The third kappa shape index (κ3) is 4.59. The minimum absolute atomic E-state index is 0.0864. The van der Waals surface area contributed by atoms with Gasteiger partial charge in [0.25, 0.3) is 5.91 Å². The van der Waals surface area contributed by atoms with Crippen LogP contribution in [0, 0.1) is 5.92 Å². The molecule has 25 heavy (non-hydrogen) atoms. The lowest BCUT2D eigenvalue weighted by Crippen LogP contribution is -2.57. The summed E-state index contributed by atoms with van der Waals surface area (Å²) < 4.78 is 5.49. The van der Waals surface area contributed by atoms with Gasteiger partial charge in [-0.15, -0.1) is 0 Å². The summed E-state index contributed by atoms with van der Waals surface area (Å²) in [6, 6.07) is 1.24. The van der Waals surface area contributed by atoms with Gasteiger partial charge in [0.15, 0.2) is 0 Å². The highest BCUT2D eigenvalue weighted by Crippen LogP contribution is 2.25. The Hall–Kier alpha value is -1.44. The minimum atomic E-state index is -0.534. The summed E-state index contributed by atoms with van der Waals surface area (Å²) in [4.78, 5) is 27.6. The molecule has 1 atom stereocenters. The molecule has 2 aliphatic rings. The maximum atomic E-state index is 12.8. The Morgan fingerprint density at radius 2 is 2.24 bits per heavy atom. The van der Waals surface area contributed by atoms with Crippen LogP contribution in [0.15, 0.2) is 16.8 Å². The number of hydrogen-bond acceptors (Lipinski definition) is 5. The molecule has 2 N–H and O–H groups in total. The van der Waals surface area contributed by atoms with Crippen molar-refractivity contribution in [1.82, 2.24) is 15.5 Å². The summed E-state index contributed by atoms with van der Waals surface area (Å²) in [5, 5.41) is 9.81. The molecule has 2 fully saturated rings. The van der Waals surface area contributed by atoms with Crippen LogP contribution in [-0.2, 0) is 9.53 Å². The van der Waals surface area contributed by atoms with E-state index in [-0.39, 0.29) is 17.4 Å². The second-order valence-electron chi connectivity index (χ2n) is 7.51. The number of nitrogens with one attached hydrogen (secondary N) is 2. The van der Waals surface area contributed by atoms with Crippen LogP contribution in [0.3, 0.4) is 0 Å². The van der Waals surface area contributed by atoms with Crippen molar-refractivity contribution in [3.8, 4) is 0 Å². The molecule has 1 unspecified atom stereocenters. The molecular weight excluding hydrogens is 338 g/mol. The molecule has 7 heteroatoms. The van der Waals surface area contributed by atoms with Gasteiger partial charge in [-0.3, -0.25) is 14.5 Å². The first-order valence-electron chi connectivity index (χ1n) is 8.93. The molecule has 1 aromatic heterocycles. The van der Waals surface area contributed by atoms with Crippen LogP contribution in [0.4, 0.5) is 0 Å². The molecule has 3 rings (SSSR count). The van der Waals surface area contributed by atoms with Gasteiger partial charge in [0.1, 0.15) is 6.04 Å². The van der Waals surface area contributed by atoms with Gasteiger partial charge in [-0.25, -0.2) is 0 Å². The lowest BCUT2D eigenvalue weighted by Gasteiger charge is -2.39. The molecule has 0 radical (unpaired) electrons. The maximum Gasteiger partial charge on any atom is 0.252 e. The van der Waals surface area contributed by atoms with E-state index in [2.05, 4.69) is 29.4 Å². The van der Waals surface area contributed by atoms with Crippen molar-refractivity contribution in [2.75, 3.05) is 32.8 Å². The fourth-order valence-corrected chi connectivity index (χ4v) is 4.30. The zero-order valence-electron chi connectivity index (χ0n) is 14.9. The molecular formula is C18H27N3O3S. The number of thiophene rings is 1. The van der Waals surface area contributed by atoms with Crippen molar-refractivity contribution in [2.45, 2.75) is 38.3 Å². The third-order valence-corrected chi connectivity index (χ3v) is 5.52. The molecule has 0 bridgehead atoms. The Labute approximate surface area is 152 Å². The second-order valence-corrected chi connectivity index (χ2v) is 8.29. The SMILES string of the molecule is CC(C)CN1CC(NC(=O)c2ccsc2)C(=O)NC2(CCOCC2)C1. The van der Waals surface area contributed by atoms with Crippen molar-refractivity contribution in [2.24, 2.45) is 5.92 Å². The fourth-order valence-electron chi connectivity index (χ4n) is 3.67. The number of amides is 2. The average molecular weight is 365 g/mol. The molecule has 2 aliphatic heterocycles. The summed E-state index contributed by atoms with van der Waals surface area (Å²) in [7, 11) is 0. The van der Waals surface area contributed by atoms with Gasteiger partial charge >= 0.3 is 0 Å². The van der Waals surface area contributed by atoms with E-state index >= 15 is 0 Å². The first kappa shape index (κ1) is 18.4. The molecule has 2 amide bonds. The predicted molar refractivity (Wildman–Crippen MR) is 97.8 cm³/mol. The molecule has 2 saturated heterocycles. The zero-order chi connectivity index (χ0) is 17.9. The number of carbonyl (C=O) groups is 2. The van der Waals surface area contributed by atoms with E-state index in [1.54, 1.807) is 11.4 Å². The van der Waals surface area contributed by atoms with Crippen LogP contribution in [0.2, 0.25) is 0 Å². The lowest BCUT2D eigenvalue weighted by atomic mass is 9.89. The van der Waals surface area contributed by atoms with Crippen LogP contribution in [0.25, 0.3) is 0 Å². The summed E-state index contributed by atoms with van der Waals surface area (Å²) in [6.45, 7) is 7.95. The standard InChI is InChI=1S/C18H27N3O3S/c1-13(2)9-21-10-15(19-16(22)14-3-8-25-11-14)17(23)20-18(12-21)4-6-24-7-5-18/h3,8,11,13,15H,4-7,9-10,12H2,1-2H3,(H,19,22)(H,20,23). The van der Waals surface area contributed by atoms with E-state index in [1.165, 1.54) is 11.3 Å². The predicted octanol–water partition coefficient (Wildman–Crippen LogP) is 1.48. The summed E-state index contributed by atoms with van der Waals surface area (Å²) in [6.07, 6.45) is 1.64. The monoisotopic (exact) mass is 365 g/mol. The molecule has 0 aliphatic carbocycles. The van der Waals surface area contributed by atoms with Gasteiger partial charge < -0.3 is 15.4 Å². The van der Waals surface area contributed by atoms with E-state index in [1.807, 2.05) is 5.38 Å². The molecule has 1 aromatic rings. The van der Waals surface area contributed by atoms with Gasteiger partial charge in [-0.05, 0) is 30.2 Å². The summed E-state index contributed by atoms with van der Waals surface area (Å²) in [5.41, 5.74) is 0.366. The van der Waals surface area contributed by atoms with E-state index in [9.17, 15) is 9.59 Å². The molecule has 6 nitrogen and oxygen atoms in total. The third-order valence-electron chi connectivity index (χ3n) is 4.83. The van der Waals surface area contributed by atoms with Gasteiger partial charge in [0.05, 0.1) is 11.1 Å². The van der Waals surface area contributed by atoms with E-state index in [4.69, 9.17) is 4.74 Å². The van der Waals surface area contributed by atoms with Crippen molar-refractivity contribution in [1.29, 1.82) is 0 Å². The topological polar surface area (TPSA) is 70.7 Å². The summed E-state index contributed by atoms with van der Waals surface area (Å²) in [5.74, 6) is 0.226. The highest BCUT2D eigenvalue weighted by molar-refractivity contribution is 7.08. The Morgan fingerprint density at radius 3 is 2.88 bits per heavy atom. The quantitative estimate of drug-likeness (QED) is 0.848. The van der Waals surface area contributed by atoms with Gasteiger partial charge in [-0.1, -0.05) is 13.8 Å². The maximum absolute atomic E-state index is 12.8. The van der Waals surface area contributed by atoms with Crippen LogP contribution in [0.5, 0.6) is 0 Å². The fraction of sp³-hybridized carbons (Fsp3) is 0.667.